The molecule has 3 heterocycles. The summed E-state index contributed by atoms with van der Waals surface area (Å²) in [4.78, 5) is 21.5. The Labute approximate surface area is 192 Å². The van der Waals surface area contributed by atoms with E-state index in [0.29, 0.717) is 42.1 Å². The molecule has 0 spiro atoms. The van der Waals surface area contributed by atoms with Crippen LogP contribution < -0.4 is 16.0 Å². The highest BCUT2D eigenvalue weighted by Gasteiger charge is 2.55. The third kappa shape index (κ3) is 3.39. The molecule has 9 nitrogen and oxygen atoms in total. The van der Waals surface area contributed by atoms with Crippen LogP contribution in [0.2, 0.25) is 0 Å². The standard InChI is InChI=1S/C24H30N6O3/c31-22(27-10-12-1-2-12)21-29-23(33-30-21)17-11-26-20-16(3-4-25-20)19(17)28-18-14-5-13-6-15(18)9-24(32,7-13)8-14/h11-15,18,32H,1-10H2,(H,27,31)(H2,25,26,28)/t13?,14-,15+,18+,24-. The van der Waals surface area contributed by atoms with Gasteiger partial charge in [-0.05, 0) is 75.0 Å². The summed E-state index contributed by atoms with van der Waals surface area (Å²) in [6.45, 7) is 1.51. The molecule has 33 heavy (non-hydrogen) atoms. The minimum atomic E-state index is -0.464. The molecule has 1 unspecified atom stereocenters. The molecule has 1 aliphatic heterocycles. The second-order valence-corrected chi connectivity index (χ2v) is 11.0. The Morgan fingerprint density at radius 3 is 2.82 bits per heavy atom. The van der Waals surface area contributed by atoms with Gasteiger partial charge in [0.15, 0.2) is 0 Å². The summed E-state index contributed by atoms with van der Waals surface area (Å²) in [5.74, 6) is 3.16. The van der Waals surface area contributed by atoms with E-state index >= 15 is 0 Å². The van der Waals surface area contributed by atoms with E-state index in [1.165, 1.54) is 25.7 Å². The van der Waals surface area contributed by atoms with E-state index in [1.807, 2.05) is 0 Å². The van der Waals surface area contributed by atoms with Gasteiger partial charge in [0.05, 0.1) is 16.9 Å². The summed E-state index contributed by atoms with van der Waals surface area (Å²) in [7, 11) is 0. The second kappa shape index (κ2) is 7.16. The zero-order valence-corrected chi connectivity index (χ0v) is 18.6. The van der Waals surface area contributed by atoms with Crippen LogP contribution in [0.1, 0.15) is 61.1 Å². The molecule has 4 bridgehead atoms. The summed E-state index contributed by atoms with van der Waals surface area (Å²) < 4.78 is 5.56. The van der Waals surface area contributed by atoms with Gasteiger partial charge in [-0.1, -0.05) is 5.16 Å². The van der Waals surface area contributed by atoms with Gasteiger partial charge in [0, 0.05) is 30.9 Å². The van der Waals surface area contributed by atoms with Crippen LogP contribution in [0.4, 0.5) is 11.5 Å². The number of anilines is 2. The maximum Gasteiger partial charge on any atom is 0.292 e. The highest BCUT2D eigenvalue weighted by atomic mass is 16.5. The van der Waals surface area contributed by atoms with Gasteiger partial charge >= 0.3 is 0 Å². The fraction of sp³-hybridized carbons (Fsp3) is 0.667. The minimum absolute atomic E-state index is 0.0621. The first-order valence-corrected chi connectivity index (χ1v) is 12.4. The normalized spacial score (nSPS) is 33.6. The van der Waals surface area contributed by atoms with Crippen molar-refractivity contribution in [1.82, 2.24) is 20.4 Å². The molecule has 1 amide bonds. The van der Waals surface area contributed by atoms with E-state index in [1.54, 1.807) is 6.20 Å². The van der Waals surface area contributed by atoms with Gasteiger partial charge in [0.2, 0.25) is 0 Å². The van der Waals surface area contributed by atoms with Crippen molar-refractivity contribution in [1.29, 1.82) is 0 Å². The molecule has 4 N–H and O–H groups in total. The van der Waals surface area contributed by atoms with E-state index in [-0.39, 0.29) is 11.7 Å². The van der Waals surface area contributed by atoms with Crippen LogP contribution in [-0.4, -0.2) is 50.9 Å². The Morgan fingerprint density at radius 1 is 1.24 bits per heavy atom. The van der Waals surface area contributed by atoms with Crippen molar-refractivity contribution in [3.8, 4) is 11.5 Å². The molecule has 5 saturated carbocycles. The Kier molecular flexibility index (Phi) is 4.29. The monoisotopic (exact) mass is 450 g/mol. The van der Waals surface area contributed by atoms with Crippen molar-refractivity contribution in [2.24, 2.45) is 23.7 Å². The number of hydrogen-bond acceptors (Lipinski definition) is 8. The third-order valence-corrected chi connectivity index (χ3v) is 8.51. The number of carbonyl (C=O) groups excluding carboxylic acids is 1. The number of aromatic nitrogens is 3. The predicted molar refractivity (Wildman–Crippen MR) is 121 cm³/mol. The Bertz CT molecular complexity index is 1100. The molecule has 5 fully saturated rings. The van der Waals surface area contributed by atoms with Gasteiger partial charge in [-0.15, -0.1) is 0 Å². The summed E-state index contributed by atoms with van der Waals surface area (Å²) in [6, 6.07) is 0.317. The summed E-state index contributed by atoms with van der Waals surface area (Å²) >= 11 is 0. The summed E-state index contributed by atoms with van der Waals surface area (Å²) in [5.41, 5.74) is 2.41. The Balaban J connectivity index is 1.19. The molecule has 0 radical (unpaired) electrons. The van der Waals surface area contributed by atoms with Crippen LogP contribution >= 0.6 is 0 Å². The van der Waals surface area contributed by atoms with Crippen molar-refractivity contribution in [3.63, 3.8) is 0 Å². The fourth-order valence-corrected chi connectivity index (χ4v) is 7.03. The van der Waals surface area contributed by atoms with E-state index < -0.39 is 5.60 Å². The number of nitrogens with zero attached hydrogens (tertiary/aromatic N) is 3. The van der Waals surface area contributed by atoms with Crippen LogP contribution in [-0.2, 0) is 6.42 Å². The van der Waals surface area contributed by atoms with Gasteiger partial charge in [-0.25, -0.2) is 4.98 Å². The van der Waals surface area contributed by atoms with Crippen molar-refractivity contribution in [3.05, 3.63) is 17.6 Å². The zero-order valence-electron chi connectivity index (χ0n) is 18.6. The molecule has 2 aromatic heterocycles. The van der Waals surface area contributed by atoms with E-state index in [2.05, 4.69) is 31.1 Å². The van der Waals surface area contributed by atoms with Crippen molar-refractivity contribution in [2.45, 2.75) is 63.0 Å². The lowest BCUT2D eigenvalue weighted by Crippen LogP contribution is -2.59. The molecule has 0 saturated heterocycles. The molecule has 5 atom stereocenters. The second-order valence-electron chi connectivity index (χ2n) is 11.0. The number of pyridine rings is 1. The summed E-state index contributed by atoms with van der Waals surface area (Å²) in [6.07, 6.45) is 10.1. The SMILES string of the molecule is O=C(NCC1CC1)c1noc(-c2cnc3c(c2N[C@H]2[C@@H]4CC5C[C@H]2C[C@@](O)(C5)C4)CCN3)n1. The van der Waals surface area contributed by atoms with Crippen LogP contribution in [0.25, 0.3) is 11.5 Å². The molecule has 2 aromatic rings. The Morgan fingerprint density at radius 2 is 2.06 bits per heavy atom. The number of rotatable bonds is 6. The van der Waals surface area contributed by atoms with Crippen molar-refractivity contribution < 1.29 is 14.4 Å². The van der Waals surface area contributed by atoms with E-state index in [9.17, 15) is 9.90 Å². The predicted octanol–water partition coefficient (Wildman–Crippen LogP) is 2.59. The quantitative estimate of drug-likeness (QED) is 0.529. The van der Waals surface area contributed by atoms with Crippen molar-refractivity contribution >= 4 is 17.4 Å². The zero-order chi connectivity index (χ0) is 22.2. The van der Waals surface area contributed by atoms with Crippen molar-refractivity contribution in [2.75, 3.05) is 23.7 Å². The molecule has 174 valence electrons. The molecule has 0 aromatic carbocycles. The highest BCUT2D eigenvalue weighted by molar-refractivity contribution is 5.91. The maximum atomic E-state index is 12.4. The fourth-order valence-electron chi connectivity index (χ4n) is 7.03. The molecule has 6 aliphatic rings. The van der Waals surface area contributed by atoms with Gasteiger partial charge in [0.1, 0.15) is 5.82 Å². The average Bonchev–Trinajstić information content (AvgIpc) is 3.27. The number of carbonyl (C=O) groups is 1. The first kappa shape index (κ1) is 19.8. The van der Waals surface area contributed by atoms with Crippen LogP contribution in [0.5, 0.6) is 0 Å². The number of fused-ring (bicyclic) bond motifs is 1. The molecule has 8 rings (SSSR count). The lowest BCUT2D eigenvalue weighted by Gasteiger charge is -2.58. The first-order valence-electron chi connectivity index (χ1n) is 12.4. The van der Waals surface area contributed by atoms with Crippen LogP contribution in [0.3, 0.4) is 0 Å². The van der Waals surface area contributed by atoms with Gasteiger partial charge in [-0.3, -0.25) is 4.79 Å². The molecule has 5 aliphatic carbocycles. The van der Waals surface area contributed by atoms with Crippen LogP contribution in [0.15, 0.2) is 10.7 Å². The topological polar surface area (TPSA) is 125 Å². The Hall–Kier alpha value is -2.68. The number of aliphatic hydroxyl groups is 1. The summed E-state index contributed by atoms with van der Waals surface area (Å²) in [5, 5.41) is 25.1. The lowest BCUT2D eigenvalue weighted by atomic mass is 9.52. The number of amides is 1. The maximum absolute atomic E-state index is 12.4. The number of hydrogen-bond donors (Lipinski definition) is 4. The minimum Gasteiger partial charge on any atom is -0.390 e. The smallest absolute Gasteiger partial charge is 0.292 e. The molecular weight excluding hydrogens is 420 g/mol. The number of nitrogens with one attached hydrogen (secondary N) is 3. The first-order chi connectivity index (χ1) is 16.0. The third-order valence-electron chi connectivity index (χ3n) is 8.51. The lowest BCUT2D eigenvalue weighted by molar-refractivity contribution is -0.129. The van der Waals surface area contributed by atoms with Gasteiger partial charge < -0.3 is 25.6 Å². The average molecular weight is 451 g/mol. The highest BCUT2D eigenvalue weighted by Crippen LogP contribution is 2.56. The van der Waals surface area contributed by atoms with E-state index in [4.69, 9.17) is 4.52 Å². The largest absolute Gasteiger partial charge is 0.390 e. The van der Waals surface area contributed by atoms with Gasteiger partial charge in [-0.2, -0.15) is 4.98 Å². The van der Waals surface area contributed by atoms with Crippen LogP contribution in [0, 0.1) is 23.7 Å². The van der Waals surface area contributed by atoms with Gasteiger partial charge in [0.25, 0.3) is 17.6 Å². The molecular formula is C24H30N6O3. The van der Waals surface area contributed by atoms with E-state index in [0.717, 1.165) is 54.9 Å². The molecule has 9 heteroatoms.